The van der Waals surface area contributed by atoms with Crippen LogP contribution in [0.25, 0.3) is 5.52 Å². The van der Waals surface area contributed by atoms with Crippen molar-refractivity contribution < 1.29 is 19.1 Å². The van der Waals surface area contributed by atoms with Gasteiger partial charge in [0.25, 0.3) is 11.8 Å². The van der Waals surface area contributed by atoms with Crippen molar-refractivity contribution in [2.45, 2.75) is 25.4 Å². The molecule has 29 heavy (non-hydrogen) atoms. The van der Waals surface area contributed by atoms with Crippen LogP contribution in [-0.4, -0.2) is 41.5 Å². The molecule has 1 saturated carbocycles. The molecular weight excluding hydrogens is 372 g/mol. The number of nitrogens with zero attached hydrogens (tertiary/aromatic N) is 2. The zero-order valence-corrected chi connectivity index (χ0v) is 16.3. The van der Waals surface area contributed by atoms with Crippen LogP contribution in [0.2, 0.25) is 0 Å². The molecule has 1 aliphatic carbocycles. The Hall–Kier alpha value is -3.55. The lowest BCUT2D eigenvalue weighted by atomic mass is 10.2. The fourth-order valence-electron chi connectivity index (χ4n) is 3.10. The maximum Gasteiger partial charge on any atom is 0.287 e. The summed E-state index contributed by atoms with van der Waals surface area (Å²) in [4.78, 5) is 29.6. The monoisotopic (exact) mass is 394 g/mol. The van der Waals surface area contributed by atoms with E-state index in [4.69, 9.17) is 9.47 Å². The predicted octanol–water partition coefficient (Wildman–Crippen LogP) is 2.17. The number of hydrogen-bond acceptors (Lipinski definition) is 5. The molecule has 2 amide bonds. The lowest BCUT2D eigenvalue weighted by molar-refractivity contribution is 0.0940. The summed E-state index contributed by atoms with van der Waals surface area (Å²) in [6.07, 6.45) is 3.69. The summed E-state index contributed by atoms with van der Waals surface area (Å²) in [6, 6.07) is 11.0. The molecule has 2 N–H and O–H groups in total. The number of fused-ring (bicyclic) bond motifs is 1. The number of aromatic nitrogens is 2. The van der Waals surface area contributed by atoms with E-state index in [1.165, 1.54) is 0 Å². The summed E-state index contributed by atoms with van der Waals surface area (Å²) in [5.74, 6) is 0.796. The maximum atomic E-state index is 12.8. The topological polar surface area (TPSA) is 94.0 Å². The van der Waals surface area contributed by atoms with Crippen molar-refractivity contribution in [3.05, 3.63) is 59.7 Å². The minimum Gasteiger partial charge on any atom is -0.493 e. The molecule has 2 aromatic heterocycles. The fourth-order valence-corrected chi connectivity index (χ4v) is 3.10. The smallest absolute Gasteiger partial charge is 0.287 e. The van der Waals surface area contributed by atoms with Crippen LogP contribution in [0, 0.1) is 0 Å². The van der Waals surface area contributed by atoms with Crippen LogP contribution in [0.15, 0.2) is 42.6 Å². The maximum absolute atomic E-state index is 12.8. The molecule has 150 valence electrons. The first-order chi connectivity index (χ1) is 14.1. The van der Waals surface area contributed by atoms with Gasteiger partial charge in [-0.25, -0.2) is 4.98 Å². The number of carbonyl (C=O) groups is 2. The van der Waals surface area contributed by atoms with Crippen molar-refractivity contribution >= 4 is 17.3 Å². The van der Waals surface area contributed by atoms with Crippen LogP contribution in [0.3, 0.4) is 0 Å². The molecule has 4 rings (SSSR count). The summed E-state index contributed by atoms with van der Waals surface area (Å²) in [6.45, 7) is 0.286. The number of imidazole rings is 1. The van der Waals surface area contributed by atoms with Gasteiger partial charge in [0.05, 0.1) is 19.7 Å². The number of rotatable bonds is 7. The molecule has 1 aliphatic rings. The molecule has 1 aromatic carbocycles. The molecule has 1 fully saturated rings. The van der Waals surface area contributed by atoms with Gasteiger partial charge in [0.15, 0.2) is 17.2 Å². The Bertz CT molecular complexity index is 1070. The number of amides is 2. The minimum absolute atomic E-state index is 0.209. The third-order valence-electron chi connectivity index (χ3n) is 4.78. The molecule has 0 aliphatic heterocycles. The zero-order valence-electron chi connectivity index (χ0n) is 16.3. The Labute approximate surface area is 167 Å². The summed E-state index contributed by atoms with van der Waals surface area (Å²) in [7, 11) is 3.13. The van der Waals surface area contributed by atoms with Gasteiger partial charge in [-0.05, 0) is 42.7 Å². The van der Waals surface area contributed by atoms with Gasteiger partial charge in [0, 0.05) is 18.8 Å². The van der Waals surface area contributed by atoms with Crippen LogP contribution in [0.5, 0.6) is 11.5 Å². The van der Waals surface area contributed by atoms with Gasteiger partial charge in [-0.3, -0.25) is 14.0 Å². The van der Waals surface area contributed by atoms with Gasteiger partial charge >= 0.3 is 0 Å². The third-order valence-corrected chi connectivity index (χ3v) is 4.78. The fraction of sp³-hybridized carbons (Fsp3) is 0.286. The van der Waals surface area contributed by atoms with E-state index in [-0.39, 0.29) is 35.9 Å². The molecule has 3 aromatic rings. The van der Waals surface area contributed by atoms with Crippen molar-refractivity contribution in [3.63, 3.8) is 0 Å². The van der Waals surface area contributed by atoms with Gasteiger partial charge in [0.2, 0.25) is 5.82 Å². The summed E-state index contributed by atoms with van der Waals surface area (Å²) < 4.78 is 12.2. The van der Waals surface area contributed by atoms with Crippen LogP contribution in [-0.2, 0) is 6.54 Å². The molecule has 2 heterocycles. The minimum atomic E-state index is -0.353. The average molecular weight is 394 g/mol. The first-order valence-electron chi connectivity index (χ1n) is 9.37. The van der Waals surface area contributed by atoms with E-state index in [1.54, 1.807) is 49.1 Å². The Morgan fingerprint density at radius 3 is 2.62 bits per heavy atom. The highest BCUT2D eigenvalue weighted by Gasteiger charge is 2.27. The van der Waals surface area contributed by atoms with E-state index in [0.29, 0.717) is 17.0 Å². The number of nitrogens with one attached hydrogen (secondary N) is 2. The van der Waals surface area contributed by atoms with Gasteiger partial charge in [-0.15, -0.1) is 0 Å². The van der Waals surface area contributed by atoms with Gasteiger partial charge < -0.3 is 20.1 Å². The molecular formula is C21H22N4O4. The summed E-state index contributed by atoms with van der Waals surface area (Å²) in [5, 5.41) is 5.77. The van der Waals surface area contributed by atoms with Gasteiger partial charge in [-0.2, -0.15) is 0 Å². The molecule has 0 radical (unpaired) electrons. The number of benzene rings is 1. The molecule has 8 heteroatoms. The van der Waals surface area contributed by atoms with Crippen molar-refractivity contribution in [1.29, 1.82) is 0 Å². The standard InChI is InChI=1S/C21H22N4O4/c1-28-16-9-6-13(11-17(16)29-2)12-22-20(26)18-15-5-3-4-10-25(15)19(24-18)21(27)23-14-7-8-14/h3-6,9-11,14H,7-8,12H2,1-2H3,(H,22,26)(H,23,27). The van der Waals surface area contributed by atoms with Crippen molar-refractivity contribution in [2.75, 3.05) is 14.2 Å². The summed E-state index contributed by atoms with van der Waals surface area (Å²) in [5.41, 5.74) is 1.65. The first kappa shape index (κ1) is 18.8. The second-order valence-corrected chi connectivity index (χ2v) is 6.86. The zero-order chi connectivity index (χ0) is 20.4. The van der Waals surface area contributed by atoms with Crippen LogP contribution in [0.4, 0.5) is 0 Å². The van der Waals surface area contributed by atoms with E-state index in [2.05, 4.69) is 15.6 Å². The Morgan fingerprint density at radius 1 is 1.10 bits per heavy atom. The van der Waals surface area contributed by atoms with E-state index in [1.807, 2.05) is 12.1 Å². The second-order valence-electron chi connectivity index (χ2n) is 6.86. The van der Waals surface area contributed by atoms with Gasteiger partial charge in [-0.1, -0.05) is 12.1 Å². The molecule has 0 saturated heterocycles. The average Bonchev–Trinajstić information content (AvgIpc) is 3.48. The van der Waals surface area contributed by atoms with Crippen molar-refractivity contribution in [1.82, 2.24) is 20.0 Å². The van der Waals surface area contributed by atoms with E-state index in [9.17, 15) is 9.59 Å². The van der Waals surface area contributed by atoms with Gasteiger partial charge in [0.1, 0.15) is 0 Å². The Balaban J connectivity index is 1.55. The number of carbonyl (C=O) groups excluding carboxylic acids is 2. The second kappa shape index (κ2) is 7.83. The van der Waals surface area contributed by atoms with Crippen LogP contribution in [0.1, 0.15) is 39.5 Å². The Kier molecular flexibility index (Phi) is 5.07. The first-order valence-corrected chi connectivity index (χ1v) is 9.37. The van der Waals surface area contributed by atoms with Crippen molar-refractivity contribution in [2.24, 2.45) is 0 Å². The highest BCUT2D eigenvalue weighted by atomic mass is 16.5. The van der Waals surface area contributed by atoms with Crippen LogP contribution >= 0.6 is 0 Å². The number of pyridine rings is 1. The van der Waals surface area contributed by atoms with Crippen molar-refractivity contribution in [3.8, 4) is 11.5 Å². The number of methoxy groups -OCH3 is 2. The van der Waals surface area contributed by atoms with E-state index < -0.39 is 0 Å². The Morgan fingerprint density at radius 2 is 1.90 bits per heavy atom. The largest absolute Gasteiger partial charge is 0.493 e. The number of ether oxygens (including phenoxy) is 2. The van der Waals surface area contributed by atoms with Crippen LogP contribution < -0.4 is 20.1 Å². The lowest BCUT2D eigenvalue weighted by Crippen LogP contribution is -2.27. The highest BCUT2D eigenvalue weighted by molar-refractivity contribution is 6.02. The summed E-state index contributed by atoms with van der Waals surface area (Å²) >= 11 is 0. The third kappa shape index (κ3) is 3.87. The molecule has 8 nitrogen and oxygen atoms in total. The lowest BCUT2D eigenvalue weighted by Gasteiger charge is -2.10. The molecule has 0 spiro atoms. The molecule has 0 unspecified atom stereocenters. The van der Waals surface area contributed by atoms with E-state index in [0.717, 1.165) is 18.4 Å². The van der Waals surface area contributed by atoms with E-state index >= 15 is 0 Å². The highest BCUT2D eigenvalue weighted by Crippen LogP contribution is 2.27. The molecule has 0 atom stereocenters. The SMILES string of the molecule is COc1ccc(CNC(=O)c2nc(C(=O)NC3CC3)n3ccccc23)cc1OC. The normalized spacial score (nSPS) is 13.2. The quantitative estimate of drug-likeness (QED) is 0.641. The number of hydrogen-bond donors (Lipinski definition) is 2. The molecule has 0 bridgehead atoms. The predicted molar refractivity (Wildman–Crippen MR) is 106 cm³/mol.